The van der Waals surface area contributed by atoms with Crippen LogP contribution in [0.25, 0.3) is 0 Å². The molecule has 19 heavy (non-hydrogen) atoms. The number of anilines is 2. The van der Waals surface area contributed by atoms with Crippen LogP contribution in [0.3, 0.4) is 0 Å². The fraction of sp³-hybridized carbons (Fsp3) is 0.357. The third-order valence-electron chi connectivity index (χ3n) is 3.29. The molecule has 98 valence electrons. The Kier molecular flexibility index (Phi) is 3.65. The average Bonchev–Trinajstić information content (AvgIpc) is 2.49. The van der Waals surface area contributed by atoms with E-state index in [1.165, 1.54) is 12.8 Å². The van der Waals surface area contributed by atoms with Crippen LogP contribution in [0, 0.1) is 0 Å². The first-order chi connectivity index (χ1) is 9.42. The molecule has 1 fully saturated rings. The van der Waals surface area contributed by atoms with Crippen molar-refractivity contribution in [1.82, 2.24) is 20.3 Å². The van der Waals surface area contributed by atoms with Gasteiger partial charge in [0, 0.05) is 30.6 Å². The predicted molar refractivity (Wildman–Crippen MR) is 74.4 cm³/mol. The normalized spacial score (nSPS) is 19.1. The molecule has 5 heteroatoms. The second kappa shape index (κ2) is 5.75. The highest BCUT2D eigenvalue weighted by atomic mass is 15.1. The fourth-order valence-electron chi connectivity index (χ4n) is 2.33. The summed E-state index contributed by atoms with van der Waals surface area (Å²) >= 11 is 0. The molecule has 0 unspecified atom stereocenters. The smallest absolute Gasteiger partial charge is 0.228 e. The summed E-state index contributed by atoms with van der Waals surface area (Å²) in [6.45, 7) is 2.13. The number of hydrogen-bond donors (Lipinski definition) is 2. The molecule has 0 aromatic carbocycles. The van der Waals surface area contributed by atoms with Gasteiger partial charge in [0.05, 0.1) is 0 Å². The summed E-state index contributed by atoms with van der Waals surface area (Å²) in [6.07, 6.45) is 5.84. The van der Waals surface area contributed by atoms with E-state index in [4.69, 9.17) is 0 Å². The molecule has 1 aliphatic heterocycles. The van der Waals surface area contributed by atoms with Gasteiger partial charge >= 0.3 is 0 Å². The van der Waals surface area contributed by atoms with Crippen molar-refractivity contribution < 1.29 is 0 Å². The van der Waals surface area contributed by atoms with Crippen LogP contribution in [0.5, 0.6) is 0 Å². The van der Waals surface area contributed by atoms with E-state index < -0.39 is 0 Å². The van der Waals surface area contributed by atoms with Gasteiger partial charge in [0.2, 0.25) is 5.95 Å². The number of nitrogens with one attached hydrogen (secondary N) is 2. The van der Waals surface area contributed by atoms with Crippen LogP contribution in [-0.4, -0.2) is 28.0 Å². The number of nitrogens with zero attached hydrogens (tertiary/aromatic N) is 3. The highest BCUT2D eigenvalue weighted by Gasteiger charge is 2.16. The summed E-state index contributed by atoms with van der Waals surface area (Å²) in [5.74, 6) is 1.88. The maximum atomic E-state index is 4.66. The molecule has 3 rings (SSSR count). The first-order valence-corrected chi connectivity index (χ1v) is 6.63. The number of pyridine rings is 1. The van der Waals surface area contributed by atoms with Crippen LogP contribution >= 0.6 is 0 Å². The third-order valence-corrected chi connectivity index (χ3v) is 3.29. The molecule has 1 atom stereocenters. The Balaban J connectivity index is 1.76. The van der Waals surface area contributed by atoms with E-state index in [-0.39, 0.29) is 0 Å². The Hall–Kier alpha value is -2.01. The molecule has 0 radical (unpaired) electrons. The van der Waals surface area contributed by atoms with Gasteiger partial charge in [-0.1, -0.05) is 6.07 Å². The zero-order chi connectivity index (χ0) is 12.9. The minimum absolute atomic E-state index is 0.507. The zero-order valence-corrected chi connectivity index (χ0v) is 10.7. The van der Waals surface area contributed by atoms with E-state index in [1.807, 2.05) is 12.1 Å². The van der Waals surface area contributed by atoms with Crippen LogP contribution in [0.1, 0.15) is 24.5 Å². The molecule has 0 aliphatic carbocycles. The van der Waals surface area contributed by atoms with Gasteiger partial charge in [-0.15, -0.1) is 0 Å². The number of aromatic nitrogens is 3. The monoisotopic (exact) mass is 255 g/mol. The van der Waals surface area contributed by atoms with Crippen molar-refractivity contribution in [3.63, 3.8) is 0 Å². The molecule has 5 nitrogen and oxygen atoms in total. The topological polar surface area (TPSA) is 62.7 Å². The number of hydrogen-bond acceptors (Lipinski definition) is 5. The minimum atomic E-state index is 0.507. The van der Waals surface area contributed by atoms with E-state index >= 15 is 0 Å². The van der Waals surface area contributed by atoms with Crippen LogP contribution in [-0.2, 0) is 0 Å². The Morgan fingerprint density at radius 2 is 2.05 bits per heavy atom. The van der Waals surface area contributed by atoms with E-state index in [0.29, 0.717) is 11.9 Å². The van der Waals surface area contributed by atoms with E-state index in [0.717, 1.165) is 24.6 Å². The predicted octanol–water partition coefficient (Wildman–Crippen LogP) is 2.08. The first kappa shape index (κ1) is 12.0. The lowest BCUT2D eigenvalue weighted by Gasteiger charge is -2.22. The van der Waals surface area contributed by atoms with Gasteiger partial charge in [-0.3, -0.25) is 0 Å². The zero-order valence-electron chi connectivity index (χ0n) is 10.7. The summed E-state index contributed by atoms with van der Waals surface area (Å²) in [5.41, 5.74) is 1.13. The van der Waals surface area contributed by atoms with Crippen LogP contribution in [0.15, 0.2) is 36.7 Å². The van der Waals surface area contributed by atoms with Gasteiger partial charge in [-0.2, -0.15) is 0 Å². The Bertz CT molecular complexity index is 522. The summed E-state index contributed by atoms with van der Waals surface area (Å²) in [4.78, 5) is 12.9. The molecule has 2 aromatic heterocycles. The highest BCUT2D eigenvalue weighted by molar-refractivity contribution is 5.47. The maximum Gasteiger partial charge on any atom is 0.228 e. The van der Waals surface area contributed by atoms with Gasteiger partial charge in [-0.05, 0) is 37.6 Å². The van der Waals surface area contributed by atoms with Crippen LogP contribution in [0.2, 0.25) is 0 Å². The lowest BCUT2D eigenvalue weighted by Crippen LogP contribution is -2.28. The highest BCUT2D eigenvalue weighted by Crippen LogP contribution is 2.22. The van der Waals surface area contributed by atoms with Crippen LogP contribution < -0.4 is 10.6 Å². The van der Waals surface area contributed by atoms with Crippen molar-refractivity contribution in [2.45, 2.75) is 18.8 Å². The quantitative estimate of drug-likeness (QED) is 0.879. The first-order valence-electron chi connectivity index (χ1n) is 6.63. The Morgan fingerprint density at radius 1 is 1.16 bits per heavy atom. The molecule has 2 N–H and O–H groups in total. The Labute approximate surface area is 112 Å². The lowest BCUT2D eigenvalue weighted by atomic mass is 9.96. The van der Waals surface area contributed by atoms with Crippen molar-refractivity contribution >= 4 is 11.8 Å². The molecule has 0 saturated carbocycles. The van der Waals surface area contributed by atoms with E-state index in [2.05, 4.69) is 31.7 Å². The van der Waals surface area contributed by atoms with Gasteiger partial charge in [0.15, 0.2) is 0 Å². The molecule has 0 amide bonds. The molecular weight excluding hydrogens is 238 g/mol. The molecule has 1 saturated heterocycles. The second-order valence-corrected chi connectivity index (χ2v) is 4.69. The van der Waals surface area contributed by atoms with Gasteiger partial charge in [0.25, 0.3) is 0 Å². The minimum Gasteiger partial charge on any atom is -0.316 e. The van der Waals surface area contributed by atoms with E-state index in [9.17, 15) is 0 Å². The average molecular weight is 255 g/mol. The summed E-state index contributed by atoms with van der Waals surface area (Å²) in [7, 11) is 0. The fourth-order valence-corrected chi connectivity index (χ4v) is 2.33. The third kappa shape index (κ3) is 3.06. The van der Waals surface area contributed by atoms with Gasteiger partial charge in [-0.25, -0.2) is 15.0 Å². The second-order valence-electron chi connectivity index (χ2n) is 4.69. The van der Waals surface area contributed by atoms with Crippen LogP contribution in [0.4, 0.5) is 11.8 Å². The summed E-state index contributed by atoms with van der Waals surface area (Å²) < 4.78 is 0. The summed E-state index contributed by atoms with van der Waals surface area (Å²) in [6, 6.07) is 7.86. The molecule has 0 bridgehead atoms. The molecular formula is C14H17N5. The molecule has 2 aromatic rings. The van der Waals surface area contributed by atoms with Gasteiger partial charge in [0.1, 0.15) is 5.82 Å². The van der Waals surface area contributed by atoms with Crippen molar-refractivity contribution in [2.75, 3.05) is 18.4 Å². The maximum absolute atomic E-state index is 4.66. The lowest BCUT2D eigenvalue weighted by molar-refractivity contribution is 0.455. The van der Waals surface area contributed by atoms with Crippen molar-refractivity contribution in [3.8, 4) is 0 Å². The molecule has 3 heterocycles. The summed E-state index contributed by atoms with van der Waals surface area (Å²) in [5, 5.41) is 6.55. The number of piperidine rings is 1. The largest absolute Gasteiger partial charge is 0.316 e. The molecule has 1 aliphatic rings. The van der Waals surface area contributed by atoms with E-state index in [1.54, 1.807) is 18.5 Å². The van der Waals surface area contributed by atoms with Crippen molar-refractivity contribution in [3.05, 3.63) is 42.4 Å². The Morgan fingerprint density at radius 3 is 2.84 bits per heavy atom. The van der Waals surface area contributed by atoms with Crippen molar-refractivity contribution in [2.24, 2.45) is 0 Å². The number of rotatable bonds is 3. The van der Waals surface area contributed by atoms with Crippen molar-refractivity contribution in [1.29, 1.82) is 0 Å². The standard InChI is InChI=1S/C14H17N5/c1-5-12(11-4-2-7-15-10-11)18-13(6-1)19-14-16-8-3-9-17-14/h1,3,5-6,8-9,11,15H,2,4,7,10H2,(H,16,17,18,19)/t11-/m1/s1. The van der Waals surface area contributed by atoms with Gasteiger partial charge < -0.3 is 10.6 Å². The molecule has 0 spiro atoms. The SMILES string of the molecule is c1cnc(Nc2cccc([C@@H]3CCCNC3)n2)nc1.